The van der Waals surface area contributed by atoms with Crippen molar-refractivity contribution in [1.29, 1.82) is 0 Å². The van der Waals surface area contributed by atoms with Gasteiger partial charge < -0.3 is 15.4 Å². The Labute approximate surface area is 154 Å². The van der Waals surface area contributed by atoms with Crippen LogP contribution in [0.5, 0.6) is 5.75 Å². The van der Waals surface area contributed by atoms with Crippen molar-refractivity contribution in [2.75, 3.05) is 19.0 Å². The molecular weight excluding hydrogens is 362 g/mol. The number of halogens is 1. The molecular formula is C17H16ClN3O5. The summed E-state index contributed by atoms with van der Waals surface area (Å²) < 4.78 is 5.06. The number of hydrogen-bond donors (Lipinski definition) is 2. The Balaban J connectivity index is 1.88. The van der Waals surface area contributed by atoms with Crippen molar-refractivity contribution >= 4 is 34.8 Å². The molecule has 0 spiro atoms. The molecule has 0 aliphatic carbocycles. The number of ether oxygens (including phenoxy) is 1. The van der Waals surface area contributed by atoms with E-state index in [1.807, 2.05) is 12.1 Å². The highest BCUT2D eigenvalue weighted by Gasteiger charge is 2.17. The lowest BCUT2D eigenvalue weighted by molar-refractivity contribution is -0.384. The quantitative estimate of drug-likeness (QED) is 0.456. The van der Waals surface area contributed by atoms with Crippen molar-refractivity contribution in [3.63, 3.8) is 0 Å². The van der Waals surface area contributed by atoms with Gasteiger partial charge in [-0.1, -0.05) is 23.7 Å². The van der Waals surface area contributed by atoms with Crippen molar-refractivity contribution in [2.45, 2.75) is 6.42 Å². The van der Waals surface area contributed by atoms with E-state index < -0.39 is 16.7 Å². The molecule has 0 fully saturated rings. The van der Waals surface area contributed by atoms with Crippen molar-refractivity contribution < 1.29 is 19.2 Å². The number of methoxy groups -OCH3 is 1. The molecule has 8 nitrogen and oxygen atoms in total. The SMILES string of the molecule is COc1ccc(CCNC(=O)C(=O)Nc2cc([N+](=O)[O-])ccc2Cl)cc1. The number of amides is 2. The van der Waals surface area contributed by atoms with Crippen molar-refractivity contribution in [2.24, 2.45) is 0 Å². The van der Waals surface area contributed by atoms with E-state index in [2.05, 4.69) is 10.6 Å². The van der Waals surface area contributed by atoms with Gasteiger partial charge in [0.15, 0.2) is 0 Å². The van der Waals surface area contributed by atoms with Crippen molar-refractivity contribution in [3.8, 4) is 5.75 Å². The summed E-state index contributed by atoms with van der Waals surface area (Å²) in [6, 6.07) is 10.9. The van der Waals surface area contributed by atoms with E-state index in [1.54, 1.807) is 19.2 Å². The Kier molecular flexibility index (Phi) is 6.51. The van der Waals surface area contributed by atoms with Crippen LogP contribution < -0.4 is 15.4 Å². The van der Waals surface area contributed by atoms with E-state index in [-0.39, 0.29) is 22.9 Å². The second-order valence-corrected chi connectivity index (χ2v) is 5.64. The minimum atomic E-state index is -0.956. The van der Waals surface area contributed by atoms with Gasteiger partial charge in [0.25, 0.3) is 5.69 Å². The third kappa shape index (κ3) is 5.18. The van der Waals surface area contributed by atoms with Crippen LogP contribution in [0.2, 0.25) is 5.02 Å². The predicted molar refractivity (Wildman–Crippen MR) is 96.4 cm³/mol. The molecule has 2 aromatic carbocycles. The first-order valence-corrected chi connectivity index (χ1v) is 7.94. The Hall–Kier alpha value is -3.13. The van der Waals surface area contributed by atoms with Gasteiger partial charge in [0, 0.05) is 18.7 Å². The topological polar surface area (TPSA) is 111 Å². The van der Waals surface area contributed by atoms with Crippen LogP contribution in [0.4, 0.5) is 11.4 Å². The van der Waals surface area contributed by atoms with Crippen LogP contribution in [0.3, 0.4) is 0 Å². The number of non-ortho nitro benzene ring substituents is 1. The first-order chi connectivity index (χ1) is 12.4. The Morgan fingerprint density at radius 3 is 2.46 bits per heavy atom. The third-order valence-corrected chi connectivity index (χ3v) is 3.80. The smallest absolute Gasteiger partial charge is 0.313 e. The number of nitro groups is 1. The van der Waals surface area contributed by atoms with Gasteiger partial charge >= 0.3 is 11.8 Å². The number of nitrogens with zero attached hydrogens (tertiary/aromatic N) is 1. The zero-order valence-electron chi connectivity index (χ0n) is 13.8. The average Bonchev–Trinajstić information content (AvgIpc) is 2.63. The molecule has 0 radical (unpaired) electrons. The molecule has 0 bridgehead atoms. The molecule has 0 aromatic heterocycles. The van der Waals surface area contributed by atoms with E-state index in [0.717, 1.165) is 17.4 Å². The molecule has 0 unspecified atom stereocenters. The van der Waals surface area contributed by atoms with E-state index in [9.17, 15) is 19.7 Å². The Morgan fingerprint density at radius 1 is 1.15 bits per heavy atom. The van der Waals surface area contributed by atoms with Gasteiger partial charge in [-0.15, -0.1) is 0 Å². The molecule has 0 saturated carbocycles. The molecule has 2 amide bonds. The number of nitrogens with one attached hydrogen (secondary N) is 2. The zero-order chi connectivity index (χ0) is 19.1. The molecule has 26 heavy (non-hydrogen) atoms. The molecule has 2 aromatic rings. The zero-order valence-corrected chi connectivity index (χ0v) is 14.6. The van der Waals surface area contributed by atoms with Gasteiger partial charge in [0.1, 0.15) is 5.75 Å². The summed E-state index contributed by atoms with van der Waals surface area (Å²) in [6.07, 6.45) is 0.528. The van der Waals surface area contributed by atoms with Crippen LogP contribution in [0, 0.1) is 10.1 Å². The molecule has 136 valence electrons. The fourth-order valence-corrected chi connectivity index (χ4v) is 2.26. The fourth-order valence-electron chi connectivity index (χ4n) is 2.09. The monoisotopic (exact) mass is 377 g/mol. The summed E-state index contributed by atoms with van der Waals surface area (Å²) in [4.78, 5) is 33.9. The second kappa shape index (κ2) is 8.82. The lowest BCUT2D eigenvalue weighted by Gasteiger charge is -2.08. The maximum atomic E-state index is 11.9. The molecule has 0 aliphatic heterocycles. The molecule has 2 N–H and O–H groups in total. The molecule has 0 heterocycles. The first kappa shape index (κ1) is 19.2. The highest BCUT2D eigenvalue weighted by molar-refractivity contribution is 6.41. The first-order valence-electron chi connectivity index (χ1n) is 7.56. The van der Waals surface area contributed by atoms with Crippen molar-refractivity contribution in [1.82, 2.24) is 5.32 Å². The highest BCUT2D eigenvalue weighted by atomic mass is 35.5. The number of carbonyl (C=O) groups excluding carboxylic acids is 2. The average molecular weight is 378 g/mol. The molecule has 0 aliphatic rings. The summed E-state index contributed by atoms with van der Waals surface area (Å²) in [6.45, 7) is 0.251. The number of anilines is 1. The number of carbonyl (C=O) groups is 2. The summed E-state index contributed by atoms with van der Waals surface area (Å²) in [5.41, 5.74) is 0.717. The van der Waals surface area contributed by atoms with Gasteiger partial charge in [0.05, 0.1) is 22.7 Å². The predicted octanol–water partition coefficient (Wildman–Crippen LogP) is 2.55. The molecule has 0 saturated heterocycles. The summed E-state index contributed by atoms with van der Waals surface area (Å²) in [7, 11) is 1.57. The number of benzene rings is 2. The summed E-state index contributed by atoms with van der Waals surface area (Å²) in [5.74, 6) is -1.09. The summed E-state index contributed by atoms with van der Waals surface area (Å²) >= 11 is 5.88. The largest absolute Gasteiger partial charge is 0.497 e. The molecule has 0 atom stereocenters. The van der Waals surface area contributed by atoms with Crippen LogP contribution in [0.25, 0.3) is 0 Å². The fraction of sp³-hybridized carbons (Fsp3) is 0.176. The number of rotatable bonds is 6. The maximum Gasteiger partial charge on any atom is 0.313 e. The standard InChI is InChI=1S/C17H16ClN3O5/c1-26-13-5-2-11(3-6-13)8-9-19-16(22)17(23)20-15-10-12(21(24)25)4-7-14(15)18/h2-7,10H,8-9H2,1H3,(H,19,22)(H,20,23). The van der Waals surface area contributed by atoms with Crippen molar-refractivity contribution in [3.05, 3.63) is 63.2 Å². The molecule has 2 rings (SSSR count). The maximum absolute atomic E-state index is 11.9. The van der Waals surface area contributed by atoms with Gasteiger partial charge in [0.2, 0.25) is 0 Å². The molecule has 9 heteroatoms. The van der Waals surface area contributed by atoms with Crippen LogP contribution >= 0.6 is 11.6 Å². The van der Waals surface area contributed by atoms with Crippen LogP contribution in [-0.2, 0) is 16.0 Å². The lowest BCUT2D eigenvalue weighted by atomic mass is 10.1. The van der Waals surface area contributed by atoms with E-state index in [0.29, 0.717) is 6.42 Å². The number of nitro benzene ring substituents is 1. The van der Waals surface area contributed by atoms with Gasteiger partial charge in [-0.25, -0.2) is 0 Å². The third-order valence-electron chi connectivity index (χ3n) is 3.47. The summed E-state index contributed by atoms with van der Waals surface area (Å²) in [5, 5.41) is 15.6. The Morgan fingerprint density at radius 2 is 1.85 bits per heavy atom. The minimum absolute atomic E-state index is 0.00355. The lowest BCUT2D eigenvalue weighted by Crippen LogP contribution is -2.36. The second-order valence-electron chi connectivity index (χ2n) is 5.23. The van der Waals surface area contributed by atoms with Crippen LogP contribution in [0.15, 0.2) is 42.5 Å². The van der Waals surface area contributed by atoms with E-state index >= 15 is 0 Å². The number of hydrogen-bond acceptors (Lipinski definition) is 5. The van der Waals surface area contributed by atoms with E-state index in [1.165, 1.54) is 12.1 Å². The highest BCUT2D eigenvalue weighted by Crippen LogP contribution is 2.26. The minimum Gasteiger partial charge on any atom is -0.497 e. The van der Waals surface area contributed by atoms with Gasteiger partial charge in [-0.05, 0) is 30.2 Å². The van der Waals surface area contributed by atoms with Crippen LogP contribution in [-0.4, -0.2) is 30.4 Å². The van der Waals surface area contributed by atoms with Gasteiger partial charge in [-0.2, -0.15) is 0 Å². The van der Waals surface area contributed by atoms with Gasteiger partial charge in [-0.3, -0.25) is 19.7 Å². The van der Waals surface area contributed by atoms with Crippen LogP contribution in [0.1, 0.15) is 5.56 Å². The normalized spacial score (nSPS) is 10.1. The Bertz CT molecular complexity index is 824. The van der Waals surface area contributed by atoms with E-state index in [4.69, 9.17) is 16.3 Å².